The third-order valence-electron chi connectivity index (χ3n) is 4.26. The van der Waals surface area contributed by atoms with Gasteiger partial charge in [0.05, 0.1) is 5.54 Å². The number of rotatable bonds is 5. The van der Waals surface area contributed by atoms with E-state index >= 15 is 0 Å². The van der Waals surface area contributed by atoms with Gasteiger partial charge in [-0.3, -0.25) is 0 Å². The SMILES string of the molecule is NC1(c2noc(CCSc3ccc4c(c3)OCCO4)n2)CCC1. The third kappa shape index (κ3) is 3.03. The number of hydrogen-bond donors (Lipinski definition) is 1. The Labute approximate surface area is 138 Å². The number of aryl methyl sites for hydroxylation is 1. The molecular weight excluding hydrogens is 314 g/mol. The Balaban J connectivity index is 1.33. The van der Waals surface area contributed by atoms with Crippen LogP contribution in [0.4, 0.5) is 0 Å². The molecule has 6 nitrogen and oxygen atoms in total. The highest BCUT2D eigenvalue weighted by Crippen LogP contribution is 2.37. The highest BCUT2D eigenvalue weighted by Gasteiger charge is 2.38. The van der Waals surface area contributed by atoms with Gasteiger partial charge in [0.15, 0.2) is 17.3 Å². The summed E-state index contributed by atoms with van der Waals surface area (Å²) >= 11 is 1.73. The summed E-state index contributed by atoms with van der Waals surface area (Å²) in [5.41, 5.74) is 5.85. The van der Waals surface area contributed by atoms with Crippen molar-refractivity contribution < 1.29 is 14.0 Å². The van der Waals surface area contributed by atoms with Crippen molar-refractivity contribution in [2.75, 3.05) is 19.0 Å². The molecule has 1 aromatic carbocycles. The first-order valence-electron chi connectivity index (χ1n) is 7.87. The molecule has 2 heterocycles. The van der Waals surface area contributed by atoms with Crippen LogP contribution in [-0.2, 0) is 12.0 Å². The molecule has 1 aromatic heterocycles. The molecule has 0 saturated heterocycles. The summed E-state index contributed by atoms with van der Waals surface area (Å²) in [6, 6.07) is 6.01. The predicted molar refractivity (Wildman–Crippen MR) is 85.9 cm³/mol. The van der Waals surface area contributed by atoms with Crippen LogP contribution in [0, 0.1) is 0 Å². The number of nitrogens with two attached hydrogens (primary N) is 1. The standard InChI is InChI=1S/C16H19N3O3S/c17-16(5-1-6-16)15-18-14(22-19-15)4-9-23-11-2-3-12-13(10-11)21-8-7-20-12/h2-3,10H,1,4-9,17H2. The first-order valence-corrected chi connectivity index (χ1v) is 8.86. The Bertz CT molecular complexity index is 700. The van der Waals surface area contributed by atoms with Gasteiger partial charge in [-0.05, 0) is 37.5 Å². The molecule has 0 radical (unpaired) electrons. The summed E-state index contributed by atoms with van der Waals surface area (Å²) in [6.07, 6.45) is 3.75. The highest BCUT2D eigenvalue weighted by molar-refractivity contribution is 7.99. The van der Waals surface area contributed by atoms with E-state index in [0.717, 1.165) is 47.8 Å². The Hall–Kier alpha value is -1.73. The van der Waals surface area contributed by atoms with E-state index in [1.807, 2.05) is 18.2 Å². The van der Waals surface area contributed by atoms with Gasteiger partial charge < -0.3 is 19.7 Å². The molecule has 1 aliphatic heterocycles. The van der Waals surface area contributed by atoms with Crippen LogP contribution < -0.4 is 15.2 Å². The number of fused-ring (bicyclic) bond motifs is 1. The number of aromatic nitrogens is 2. The minimum absolute atomic E-state index is 0.356. The average Bonchev–Trinajstić information content (AvgIpc) is 3.02. The Morgan fingerprint density at radius 1 is 1.17 bits per heavy atom. The second kappa shape index (κ2) is 6.05. The smallest absolute Gasteiger partial charge is 0.227 e. The molecule has 2 N–H and O–H groups in total. The van der Waals surface area contributed by atoms with E-state index in [0.29, 0.717) is 24.9 Å². The normalized spacial score (nSPS) is 18.5. The minimum atomic E-state index is -0.356. The van der Waals surface area contributed by atoms with Crippen molar-refractivity contribution in [3.63, 3.8) is 0 Å². The van der Waals surface area contributed by atoms with Crippen molar-refractivity contribution in [3.8, 4) is 11.5 Å². The predicted octanol–water partition coefficient (Wildman–Crippen LogP) is 2.51. The van der Waals surface area contributed by atoms with Gasteiger partial charge in [-0.1, -0.05) is 5.16 Å². The number of thioether (sulfide) groups is 1. The number of benzene rings is 1. The zero-order chi connectivity index (χ0) is 15.7. The van der Waals surface area contributed by atoms with Crippen LogP contribution in [0.2, 0.25) is 0 Å². The van der Waals surface area contributed by atoms with Gasteiger partial charge in [0.2, 0.25) is 5.89 Å². The van der Waals surface area contributed by atoms with Crippen LogP contribution in [-0.4, -0.2) is 29.1 Å². The van der Waals surface area contributed by atoms with Gasteiger partial charge in [0.25, 0.3) is 0 Å². The summed E-state index contributed by atoms with van der Waals surface area (Å²) in [5.74, 6) is 3.80. The molecule has 0 unspecified atom stereocenters. The lowest BCUT2D eigenvalue weighted by molar-refractivity contribution is 0.171. The fourth-order valence-electron chi connectivity index (χ4n) is 2.71. The largest absolute Gasteiger partial charge is 0.486 e. The van der Waals surface area contributed by atoms with Crippen LogP contribution in [0.25, 0.3) is 0 Å². The van der Waals surface area contributed by atoms with Crippen molar-refractivity contribution in [1.29, 1.82) is 0 Å². The molecule has 1 saturated carbocycles. The number of ether oxygens (including phenoxy) is 2. The summed E-state index contributed by atoms with van der Waals surface area (Å²) in [5, 5.41) is 4.04. The van der Waals surface area contributed by atoms with E-state index in [2.05, 4.69) is 10.1 Å². The number of hydrogen-bond acceptors (Lipinski definition) is 7. The van der Waals surface area contributed by atoms with Gasteiger partial charge in [0, 0.05) is 17.1 Å². The van der Waals surface area contributed by atoms with E-state index in [-0.39, 0.29) is 5.54 Å². The third-order valence-corrected chi connectivity index (χ3v) is 5.25. The molecule has 2 aromatic rings. The molecule has 122 valence electrons. The molecule has 0 spiro atoms. The van der Waals surface area contributed by atoms with Crippen LogP contribution in [0.15, 0.2) is 27.6 Å². The number of nitrogens with zero attached hydrogens (tertiary/aromatic N) is 2. The second-order valence-electron chi connectivity index (χ2n) is 5.93. The summed E-state index contributed by atoms with van der Waals surface area (Å²) in [4.78, 5) is 5.59. The van der Waals surface area contributed by atoms with Gasteiger partial charge in [-0.15, -0.1) is 11.8 Å². The molecular formula is C16H19N3O3S. The van der Waals surface area contributed by atoms with Crippen molar-refractivity contribution in [2.24, 2.45) is 5.73 Å². The summed E-state index contributed by atoms with van der Waals surface area (Å²) in [7, 11) is 0. The minimum Gasteiger partial charge on any atom is -0.486 e. The van der Waals surface area contributed by atoms with Crippen LogP contribution in [0.5, 0.6) is 11.5 Å². The van der Waals surface area contributed by atoms with Gasteiger partial charge in [-0.25, -0.2) is 0 Å². The summed E-state index contributed by atoms with van der Waals surface area (Å²) < 4.78 is 16.4. The van der Waals surface area contributed by atoms with Crippen molar-refractivity contribution in [1.82, 2.24) is 10.1 Å². The maximum Gasteiger partial charge on any atom is 0.227 e. The fraction of sp³-hybridized carbons (Fsp3) is 0.500. The van der Waals surface area contributed by atoms with Crippen molar-refractivity contribution in [3.05, 3.63) is 29.9 Å². The molecule has 0 atom stereocenters. The van der Waals surface area contributed by atoms with Crippen LogP contribution in [0.1, 0.15) is 31.0 Å². The molecule has 4 rings (SSSR count). The molecule has 0 amide bonds. The molecule has 2 aliphatic rings. The molecule has 0 bridgehead atoms. The van der Waals surface area contributed by atoms with Gasteiger partial charge in [-0.2, -0.15) is 4.98 Å². The summed E-state index contributed by atoms with van der Waals surface area (Å²) in [6.45, 7) is 1.22. The monoisotopic (exact) mass is 333 g/mol. The van der Waals surface area contributed by atoms with Crippen LogP contribution >= 0.6 is 11.8 Å². The Morgan fingerprint density at radius 3 is 2.78 bits per heavy atom. The first-order chi connectivity index (χ1) is 11.2. The lowest BCUT2D eigenvalue weighted by Crippen LogP contribution is -2.44. The first kappa shape index (κ1) is 14.8. The van der Waals surface area contributed by atoms with E-state index in [1.54, 1.807) is 11.8 Å². The quantitative estimate of drug-likeness (QED) is 0.842. The lowest BCUT2D eigenvalue weighted by Gasteiger charge is -2.34. The fourth-order valence-corrected chi connectivity index (χ4v) is 3.58. The zero-order valence-electron chi connectivity index (χ0n) is 12.8. The molecule has 1 fully saturated rings. The lowest BCUT2D eigenvalue weighted by atomic mass is 9.77. The van der Waals surface area contributed by atoms with Crippen molar-refractivity contribution in [2.45, 2.75) is 36.1 Å². The molecule has 7 heteroatoms. The highest BCUT2D eigenvalue weighted by atomic mass is 32.2. The molecule has 1 aliphatic carbocycles. The topological polar surface area (TPSA) is 83.4 Å². The van der Waals surface area contributed by atoms with Crippen LogP contribution in [0.3, 0.4) is 0 Å². The van der Waals surface area contributed by atoms with Gasteiger partial charge in [0.1, 0.15) is 13.2 Å². The van der Waals surface area contributed by atoms with Gasteiger partial charge >= 0.3 is 0 Å². The second-order valence-corrected chi connectivity index (χ2v) is 7.09. The Morgan fingerprint density at radius 2 is 2.00 bits per heavy atom. The van der Waals surface area contributed by atoms with Crippen molar-refractivity contribution >= 4 is 11.8 Å². The average molecular weight is 333 g/mol. The Kier molecular flexibility index (Phi) is 3.90. The maximum absolute atomic E-state index is 6.21. The van der Waals surface area contributed by atoms with E-state index < -0.39 is 0 Å². The van der Waals surface area contributed by atoms with E-state index in [1.165, 1.54) is 0 Å². The van der Waals surface area contributed by atoms with E-state index in [4.69, 9.17) is 19.7 Å². The molecule has 23 heavy (non-hydrogen) atoms. The zero-order valence-corrected chi connectivity index (χ0v) is 13.6. The van der Waals surface area contributed by atoms with E-state index in [9.17, 15) is 0 Å². The maximum atomic E-state index is 6.21.